The first-order chi connectivity index (χ1) is 34.7. The van der Waals surface area contributed by atoms with Gasteiger partial charge in [0.2, 0.25) is 0 Å². The summed E-state index contributed by atoms with van der Waals surface area (Å²) in [5.41, 5.74) is 26.0. The molecular weight excluding hydrogens is 855 g/mol. The number of benzene rings is 11. The average molecular weight is 908 g/mol. The first-order valence-electron chi connectivity index (χ1n) is 25.0. The molecule has 0 aliphatic heterocycles. The zero-order chi connectivity index (χ0) is 47.8. The summed E-state index contributed by atoms with van der Waals surface area (Å²) in [6, 6.07) is 92.3. The van der Waals surface area contributed by atoms with Gasteiger partial charge in [0.25, 0.3) is 0 Å². The van der Waals surface area contributed by atoms with Crippen LogP contribution >= 0.6 is 0 Å². The second-order valence-electron chi connectivity index (χ2n) is 20.5. The van der Waals surface area contributed by atoms with Gasteiger partial charge < -0.3 is 4.90 Å². The third-order valence-corrected chi connectivity index (χ3v) is 15.7. The summed E-state index contributed by atoms with van der Waals surface area (Å²) >= 11 is 0. The van der Waals surface area contributed by atoms with Crippen molar-refractivity contribution < 1.29 is 0 Å². The molecule has 2 aliphatic rings. The molecule has 0 saturated carbocycles. The molecule has 2 aliphatic carbocycles. The van der Waals surface area contributed by atoms with Crippen molar-refractivity contribution in [1.29, 1.82) is 0 Å². The number of hydrogen-bond acceptors (Lipinski definition) is 1. The van der Waals surface area contributed by atoms with Gasteiger partial charge in [-0.2, -0.15) is 0 Å². The quantitative estimate of drug-likeness (QED) is 0.147. The molecule has 0 saturated heterocycles. The first-order valence-corrected chi connectivity index (χ1v) is 25.0. The van der Waals surface area contributed by atoms with Crippen LogP contribution in [0, 0.1) is 0 Å². The van der Waals surface area contributed by atoms with Crippen molar-refractivity contribution in [2.45, 2.75) is 38.5 Å². The summed E-state index contributed by atoms with van der Waals surface area (Å²) in [4.78, 5) is 2.47. The Balaban J connectivity index is 0.871. The standard InChI is InChI=1S/C70H53N/c1-69(2)65-42-54(47-16-9-6-10-17-47)32-38-61(65)63-40-36-57(44-67(63)69)71(56-34-30-50(31-35-56)49-24-22-48(23-25-49)46-14-7-5-8-15-46)58-37-41-64-62-39-33-55(43-66(62)70(3,4)68(64)45-58)51-26-28-53(29-27-51)60-21-13-19-52-18-11-12-20-59(52)60/h5-45H,1-4H3. The molecular formula is C70H53N. The minimum atomic E-state index is -0.223. The lowest BCUT2D eigenvalue weighted by Gasteiger charge is -2.30. The van der Waals surface area contributed by atoms with Crippen molar-refractivity contribution in [3.05, 3.63) is 271 Å². The number of fused-ring (bicyclic) bond motifs is 7. The molecule has 1 nitrogen and oxygen atoms in total. The maximum absolute atomic E-state index is 2.47. The zero-order valence-electron chi connectivity index (χ0n) is 40.6. The fraction of sp³-hybridized carbons (Fsp3) is 0.0857. The normalized spacial score (nSPS) is 13.6. The molecule has 0 fully saturated rings. The summed E-state index contributed by atoms with van der Waals surface area (Å²) in [6.45, 7) is 9.58. The van der Waals surface area contributed by atoms with Crippen molar-refractivity contribution in [2.24, 2.45) is 0 Å². The highest BCUT2D eigenvalue weighted by Gasteiger charge is 2.38. The van der Waals surface area contributed by atoms with Crippen molar-refractivity contribution in [3.8, 4) is 77.9 Å². The molecule has 0 spiro atoms. The van der Waals surface area contributed by atoms with Crippen molar-refractivity contribution in [1.82, 2.24) is 0 Å². The second-order valence-corrected chi connectivity index (χ2v) is 20.5. The second kappa shape index (κ2) is 16.6. The van der Waals surface area contributed by atoms with E-state index in [1.807, 2.05) is 0 Å². The molecule has 71 heavy (non-hydrogen) atoms. The number of rotatable bonds is 8. The van der Waals surface area contributed by atoms with E-state index in [1.54, 1.807) is 0 Å². The Morgan fingerprint density at radius 3 is 1.08 bits per heavy atom. The van der Waals surface area contributed by atoms with Gasteiger partial charge in [0.15, 0.2) is 0 Å². The summed E-state index contributed by atoms with van der Waals surface area (Å²) in [5, 5.41) is 2.54. The van der Waals surface area contributed by atoms with E-state index in [1.165, 1.54) is 111 Å². The van der Waals surface area contributed by atoms with E-state index in [0.29, 0.717) is 0 Å². The minimum Gasteiger partial charge on any atom is -0.310 e. The van der Waals surface area contributed by atoms with Crippen LogP contribution in [0.25, 0.3) is 88.7 Å². The summed E-state index contributed by atoms with van der Waals surface area (Å²) < 4.78 is 0. The Morgan fingerprint density at radius 2 is 0.577 bits per heavy atom. The van der Waals surface area contributed by atoms with Crippen LogP contribution in [0.5, 0.6) is 0 Å². The van der Waals surface area contributed by atoms with Gasteiger partial charge in [-0.1, -0.05) is 228 Å². The Hall–Kier alpha value is -8.52. The molecule has 0 unspecified atom stereocenters. The van der Waals surface area contributed by atoms with Crippen LogP contribution in [0.15, 0.2) is 249 Å². The number of hydrogen-bond donors (Lipinski definition) is 0. The van der Waals surface area contributed by atoms with E-state index in [9.17, 15) is 0 Å². The predicted octanol–water partition coefficient (Wildman–Crippen LogP) is 19.3. The first kappa shape index (κ1) is 42.6. The monoisotopic (exact) mass is 907 g/mol. The van der Waals surface area contributed by atoms with E-state index in [4.69, 9.17) is 0 Å². The Kier molecular flexibility index (Phi) is 9.94. The highest BCUT2D eigenvalue weighted by atomic mass is 15.1. The van der Waals surface area contributed by atoms with Gasteiger partial charge in [-0.3, -0.25) is 0 Å². The van der Waals surface area contributed by atoms with Gasteiger partial charge in [0.1, 0.15) is 0 Å². The van der Waals surface area contributed by atoms with Crippen LogP contribution in [0.4, 0.5) is 17.1 Å². The van der Waals surface area contributed by atoms with Gasteiger partial charge in [-0.15, -0.1) is 0 Å². The molecule has 0 N–H and O–H groups in total. The number of nitrogens with zero attached hydrogens (tertiary/aromatic N) is 1. The Bertz CT molecular complexity index is 3820. The molecule has 338 valence electrons. The molecule has 0 atom stereocenters. The predicted molar refractivity (Wildman–Crippen MR) is 301 cm³/mol. The van der Waals surface area contributed by atoms with Crippen LogP contribution in [-0.4, -0.2) is 0 Å². The van der Waals surface area contributed by atoms with E-state index < -0.39 is 0 Å². The maximum atomic E-state index is 2.47. The summed E-state index contributed by atoms with van der Waals surface area (Å²) in [7, 11) is 0. The fourth-order valence-electron chi connectivity index (χ4n) is 11.8. The van der Waals surface area contributed by atoms with Crippen LogP contribution < -0.4 is 4.90 Å². The third-order valence-electron chi connectivity index (χ3n) is 15.7. The maximum Gasteiger partial charge on any atom is 0.0465 e. The molecule has 0 amide bonds. The van der Waals surface area contributed by atoms with Gasteiger partial charge >= 0.3 is 0 Å². The molecule has 0 aromatic heterocycles. The average Bonchev–Trinajstić information content (AvgIpc) is 3.79. The van der Waals surface area contributed by atoms with Crippen molar-refractivity contribution >= 4 is 27.8 Å². The van der Waals surface area contributed by atoms with Crippen LogP contribution in [0.2, 0.25) is 0 Å². The third kappa shape index (κ3) is 7.14. The van der Waals surface area contributed by atoms with Crippen LogP contribution in [0.1, 0.15) is 49.9 Å². The fourth-order valence-corrected chi connectivity index (χ4v) is 11.8. The van der Waals surface area contributed by atoms with E-state index in [2.05, 4.69) is 281 Å². The van der Waals surface area contributed by atoms with E-state index in [0.717, 1.165) is 17.1 Å². The molecule has 13 rings (SSSR count). The Labute approximate surface area is 418 Å². The number of anilines is 3. The molecule has 1 heteroatoms. The summed E-state index contributed by atoms with van der Waals surface area (Å²) in [5.74, 6) is 0. The van der Waals surface area contributed by atoms with E-state index >= 15 is 0 Å². The largest absolute Gasteiger partial charge is 0.310 e. The molecule has 0 radical (unpaired) electrons. The summed E-state index contributed by atoms with van der Waals surface area (Å²) in [6.07, 6.45) is 0. The minimum absolute atomic E-state index is 0.192. The van der Waals surface area contributed by atoms with Crippen molar-refractivity contribution in [2.75, 3.05) is 4.90 Å². The highest BCUT2D eigenvalue weighted by Crippen LogP contribution is 2.54. The highest BCUT2D eigenvalue weighted by molar-refractivity contribution is 5.97. The van der Waals surface area contributed by atoms with Gasteiger partial charge in [-0.05, 0) is 159 Å². The topological polar surface area (TPSA) is 3.24 Å². The SMILES string of the molecule is CC1(C)c2cc(-c3ccccc3)ccc2-c2ccc(N(c3ccc(-c4ccc(-c5ccccc5)cc4)cc3)c3ccc4c(c3)C(C)(C)c3cc(-c5ccc(-c6cccc7ccccc67)cc5)ccc3-4)cc21. The van der Waals surface area contributed by atoms with Crippen molar-refractivity contribution in [3.63, 3.8) is 0 Å². The lowest BCUT2D eigenvalue weighted by molar-refractivity contribution is 0.660. The van der Waals surface area contributed by atoms with Gasteiger partial charge in [0, 0.05) is 27.9 Å². The molecule has 11 aromatic carbocycles. The smallest absolute Gasteiger partial charge is 0.0465 e. The molecule has 0 heterocycles. The molecule has 0 bridgehead atoms. The lowest BCUT2D eigenvalue weighted by Crippen LogP contribution is -2.18. The van der Waals surface area contributed by atoms with Crippen LogP contribution in [-0.2, 0) is 10.8 Å². The molecule has 11 aromatic rings. The Morgan fingerprint density at radius 1 is 0.239 bits per heavy atom. The zero-order valence-corrected chi connectivity index (χ0v) is 40.6. The van der Waals surface area contributed by atoms with Gasteiger partial charge in [0.05, 0.1) is 0 Å². The van der Waals surface area contributed by atoms with E-state index in [-0.39, 0.29) is 10.8 Å². The van der Waals surface area contributed by atoms with Crippen LogP contribution in [0.3, 0.4) is 0 Å². The van der Waals surface area contributed by atoms with Gasteiger partial charge in [-0.25, -0.2) is 0 Å². The lowest BCUT2D eigenvalue weighted by atomic mass is 9.81.